The molecular formula is C17H18N2S2. The minimum absolute atomic E-state index is 0.354. The van der Waals surface area contributed by atoms with Gasteiger partial charge in [0, 0.05) is 23.0 Å². The van der Waals surface area contributed by atoms with Gasteiger partial charge >= 0.3 is 0 Å². The number of thiophene rings is 1. The third-order valence-corrected chi connectivity index (χ3v) is 5.27. The topological polar surface area (TPSA) is 24.9 Å². The van der Waals surface area contributed by atoms with E-state index in [2.05, 4.69) is 59.0 Å². The van der Waals surface area contributed by atoms with Crippen molar-refractivity contribution in [1.29, 1.82) is 0 Å². The summed E-state index contributed by atoms with van der Waals surface area (Å²) in [5.41, 5.74) is 2.59. The van der Waals surface area contributed by atoms with Crippen LogP contribution in [0.4, 0.5) is 0 Å². The lowest BCUT2D eigenvalue weighted by Gasteiger charge is -2.13. The lowest BCUT2D eigenvalue weighted by atomic mass is 10.1. The molecule has 3 rings (SSSR count). The highest BCUT2D eigenvalue weighted by Gasteiger charge is 2.11. The number of rotatable bonds is 6. The van der Waals surface area contributed by atoms with E-state index in [-0.39, 0.29) is 0 Å². The molecule has 2 nitrogen and oxygen atoms in total. The summed E-state index contributed by atoms with van der Waals surface area (Å²) in [6, 6.07) is 13.2. The minimum atomic E-state index is 0.354. The normalized spacial score (nSPS) is 12.4. The van der Waals surface area contributed by atoms with Crippen molar-refractivity contribution in [3.05, 3.63) is 63.2 Å². The molecule has 1 aromatic carbocycles. The molecule has 1 atom stereocenters. The molecule has 0 radical (unpaired) electrons. The van der Waals surface area contributed by atoms with Crippen LogP contribution in [0.2, 0.25) is 0 Å². The first-order chi connectivity index (χ1) is 10.4. The Labute approximate surface area is 133 Å². The Hall–Kier alpha value is -1.49. The van der Waals surface area contributed by atoms with E-state index in [1.165, 1.54) is 21.0 Å². The second-order valence-corrected chi connectivity index (χ2v) is 6.80. The van der Waals surface area contributed by atoms with Crippen LogP contribution in [0.15, 0.2) is 53.4 Å². The van der Waals surface area contributed by atoms with Crippen LogP contribution in [-0.4, -0.2) is 4.98 Å². The summed E-state index contributed by atoms with van der Waals surface area (Å²) >= 11 is 3.54. The SMILES string of the molecule is CCC(NCc1cc(-c2ccccc2)cs1)c1nccs1. The van der Waals surface area contributed by atoms with Gasteiger partial charge < -0.3 is 5.32 Å². The smallest absolute Gasteiger partial charge is 0.109 e. The van der Waals surface area contributed by atoms with Crippen molar-refractivity contribution in [2.24, 2.45) is 0 Å². The molecule has 3 aromatic rings. The van der Waals surface area contributed by atoms with E-state index >= 15 is 0 Å². The van der Waals surface area contributed by atoms with Crippen molar-refractivity contribution < 1.29 is 0 Å². The lowest BCUT2D eigenvalue weighted by molar-refractivity contribution is 0.519. The quantitative estimate of drug-likeness (QED) is 0.683. The number of nitrogens with zero attached hydrogens (tertiary/aromatic N) is 1. The summed E-state index contributed by atoms with van der Waals surface area (Å²) in [5, 5.41) is 9.06. The molecule has 1 unspecified atom stereocenters. The van der Waals surface area contributed by atoms with Crippen molar-refractivity contribution in [1.82, 2.24) is 10.3 Å². The molecule has 21 heavy (non-hydrogen) atoms. The summed E-state index contributed by atoms with van der Waals surface area (Å²) in [4.78, 5) is 5.78. The van der Waals surface area contributed by atoms with E-state index in [4.69, 9.17) is 0 Å². The van der Waals surface area contributed by atoms with Gasteiger partial charge in [0.1, 0.15) is 5.01 Å². The predicted octanol–water partition coefficient (Wildman–Crippen LogP) is 5.11. The first kappa shape index (κ1) is 14.4. The van der Waals surface area contributed by atoms with Gasteiger partial charge in [-0.05, 0) is 29.0 Å². The van der Waals surface area contributed by atoms with Crippen LogP contribution in [0.5, 0.6) is 0 Å². The molecule has 0 aliphatic carbocycles. The molecule has 0 saturated carbocycles. The molecule has 2 heterocycles. The van der Waals surface area contributed by atoms with Gasteiger partial charge in [-0.1, -0.05) is 37.3 Å². The van der Waals surface area contributed by atoms with Crippen LogP contribution < -0.4 is 5.32 Å². The standard InChI is InChI=1S/C17H18N2S2/c1-2-16(17-18-8-9-20-17)19-11-15-10-14(12-21-15)13-6-4-3-5-7-13/h3-10,12,16,19H,2,11H2,1H3. The minimum Gasteiger partial charge on any atom is -0.303 e. The largest absolute Gasteiger partial charge is 0.303 e. The number of hydrogen-bond acceptors (Lipinski definition) is 4. The zero-order valence-electron chi connectivity index (χ0n) is 12.0. The van der Waals surface area contributed by atoms with Gasteiger partial charge in [0.15, 0.2) is 0 Å². The van der Waals surface area contributed by atoms with Crippen LogP contribution in [0, 0.1) is 0 Å². The summed E-state index contributed by atoms with van der Waals surface area (Å²) in [6.45, 7) is 3.10. The number of thiazole rings is 1. The Bertz CT molecular complexity index is 659. The van der Waals surface area contributed by atoms with Gasteiger partial charge in [-0.15, -0.1) is 22.7 Å². The van der Waals surface area contributed by atoms with Crippen LogP contribution in [0.3, 0.4) is 0 Å². The van der Waals surface area contributed by atoms with E-state index in [0.717, 1.165) is 13.0 Å². The summed E-state index contributed by atoms with van der Waals surface area (Å²) in [6.07, 6.45) is 2.94. The average Bonchev–Trinajstić information content (AvgIpc) is 3.20. The predicted molar refractivity (Wildman–Crippen MR) is 91.7 cm³/mol. The highest BCUT2D eigenvalue weighted by molar-refractivity contribution is 7.10. The van der Waals surface area contributed by atoms with E-state index in [1.54, 1.807) is 11.3 Å². The fourth-order valence-corrected chi connectivity index (χ4v) is 3.93. The molecule has 0 saturated heterocycles. The zero-order chi connectivity index (χ0) is 14.5. The monoisotopic (exact) mass is 314 g/mol. The Balaban J connectivity index is 1.65. The molecule has 4 heteroatoms. The van der Waals surface area contributed by atoms with Crippen molar-refractivity contribution in [2.75, 3.05) is 0 Å². The first-order valence-electron chi connectivity index (χ1n) is 7.12. The molecule has 0 amide bonds. The van der Waals surface area contributed by atoms with Gasteiger partial charge in [0.2, 0.25) is 0 Å². The Morgan fingerprint density at radius 1 is 1.14 bits per heavy atom. The molecule has 0 aliphatic heterocycles. The molecule has 2 aromatic heterocycles. The number of aromatic nitrogens is 1. The summed E-state index contributed by atoms with van der Waals surface area (Å²) in [5.74, 6) is 0. The second-order valence-electron chi connectivity index (χ2n) is 4.88. The van der Waals surface area contributed by atoms with E-state index in [0.29, 0.717) is 6.04 Å². The highest BCUT2D eigenvalue weighted by atomic mass is 32.1. The third-order valence-electron chi connectivity index (χ3n) is 3.44. The molecule has 0 aliphatic rings. The average molecular weight is 314 g/mol. The van der Waals surface area contributed by atoms with Gasteiger partial charge in [0.25, 0.3) is 0 Å². The zero-order valence-corrected chi connectivity index (χ0v) is 13.6. The van der Waals surface area contributed by atoms with E-state index in [1.807, 2.05) is 22.9 Å². The van der Waals surface area contributed by atoms with Crippen molar-refractivity contribution >= 4 is 22.7 Å². The number of nitrogens with one attached hydrogen (secondary N) is 1. The highest BCUT2D eigenvalue weighted by Crippen LogP contribution is 2.26. The van der Waals surface area contributed by atoms with Crippen LogP contribution >= 0.6 is 22.7 Å². The summed E-state index contributed by atoms with van der Waals surface area (Å²) < 4.78 is 0. The maximum absolute atomic E-state index is 4.41. The molecule has 0 fully saturated rings. The Morgan fingerprint density at radius 3 is 2.71 bits per heavy atom. The number of benzene rings is 1. The maximum atomic E-state index is 4.41. The van der Waals surface area contributed by atoms with Crippen LogP contribution in [-0.2, 0) is 6.54 Å². The van der Waals surface area contributed by atoms with Gasteiger partial charge in [0.05, 0.1) is 6.04 Å². The van der Waals surface area contributed by atoms with Gasteiger partial charge in [-0.2, -0.15) is 0 Å². The molecule has 108 valence electrons. The van der Waals surface area contributed by atoms with Crippen molar-refractivity contribution in [2.45, 2.75) is 25.9 Å². The Kier molecular flexibility index (Phi) is 4.80. The van der Waals surface area contributed by atoms with Gasteiger partial charge in [-0.25, -0.2) is 4.98 Å². The van der Waals surface area contributed by atoms with E-state index < -0.39 is 0 Å². The maximum Gasteiger partial charge on any atom is 0.109 e. The third kappa shape index (κ3) is 3.59. The van der Waals surface area contributed by atoms with Crippen LogP contribution in [0.25, 0.3) is 11.1 Å². The van der Waals surface area contributed by atoms with Crippen molar-refractivity contribution in [3.63, 3.8) is 0 Å². The Morgan fingerprint density at radius 2 is 2.00 bits per heavy atom. The molecular weight excluding hydrogens is 296 g/mol. The van der Waals surface area contributed by atoms with Crippen molar-refractivity contribution in [3.8, 4) is 11.1 Å². The molecule has 0 bridgehead atoms. The summed E-state index contributed by atoms with van der Waals surface area (Å²) in [7, 11) is 0. The second kappa shape index (κ2) is 6.98. The fourth-order valence-electron chi connectivity index (χ4n) is 2.29. The first-order valence-corrected chi connectivity index (χ1v) is 8.88. The van der Waals surface area contributed by atoms with E-state index in [9.17, 15) is 0 Å². The molecule has 0 spiro atoms. The fraction of sp³-hybridized carbons (Fsp3) is 0.235. The molecule has 1 N–H and O–H groups in total. The van der Waals surface area contributed by atoms with Gasteiger partial charge in [-0.3, -0.25) is 0 Å². The van der Waals surface area contributed by atoms with Crippen LogP contribution in [0.1, 0.15) is 29.3 Å². The lowest BCUT2D eigenvalue weighted by Crippen LogP contribution is -2.19. The number of hydrogen-bond donors (Lipinski definition) is 1.